The highest BCUT2D eigenvalue weighted by Gasteiger charge is 2.31. The van der Waals surface area contributed by atoms with Crippen LogP contribution in [0.3, 0.4) is 0 Å². The van der Waals surface area contributed by atoms with Gasteiger partial charge < -0.3 is 9.26 Å². The van der Waals surface area contributed by atoms with Crippen molar-refractivity contribution in [2.24, 2.45) is 0 Å². The molecular weight excluding hydrogens is 373 g/mol. The van der Waals surface area contributed by atoms with E-state index in [9.17, 15) is 13.2 Å². The van der Waals surface area contributed by atoms with Gasteiger partial charge in [0.15, 0.2) is 5.82 Å². The van der Waals surface area contributed by atoms with Crippen molar-refractivity contribution in [3.8, 4) is 11.4 Å². The molecule has 1 atom stereocenters. The minimum absolute atomic E-state index is 0.208. The largest absolute Gasteiger partial charge is 0.573 e. The lowest BCUT2D eigenvalue weighted by molar-refractivity contribution is -0.274. The Hall–Kier alpha value is -2.63. The lowest BCUT2D eigenvalue weighted by Gasteiger charge is -2.10. The van der Waals surface area contributed by atoms with Crippen molar-refractivity contribution >= 4 is 11.8 Å². The third kappa shape index (κ3) is 4.31. The molecule has 3 rings (SSSR count). The fraction of sp³-hybridized carbons (Fsp3) is 0.357. The zero-order valence-corrected chi connectivity index (χ0v) is 14.5. The molecule has 0 N–H and O–H groups in total. The Kier molecular flexibility index (Phi) is 5.11. The first kappa shape index (κ1) is 18.2. The number of hydrogen-bond donors (Lipinski definition) is 0. The molecule has 8 nitrogen and oxygen atoms in total. The Morgan fingerprint density at radius 2 is 2.00 bits per heavy atom. The Bertz CT molecular complexity index is 864. The van der Waals surface area contributed by atoms with Crippen LogP contribution in [0.15, 0.2) is 33.9 Å². The van der Waals surface area contributed by atoms with E-state index in [0.717, 1.165) is 0 Å². The summed E-state index contributed by atoms with van der Waals surface area (Å²) in [6.45, 7) is 3.77. The summed E-state index contributed by atoms with van der Waals surface area (Å²) < 4.78 is 47.1. The third-order valence-electron chi connectivity index (χ3n) is 3.19. The van der Waals surface area contributed by atoms with Gasteiger partial charge in [-0.05, 0) is 41.6 Å². The van der Waals surface area contributed by atoms with Gasteiger partial charge in [0.25, 0.3) is 0 Å². The molecule has 0 aliphatic carbocycles. The molecule has 2 heterocycles. The number of benzene rings is 1. The zero-order valence-electron chi connectivity index (χ0n) is 13.6. The van der Waals surface area contributed by atoms with Gasteiger partial charge in [0.1, 0.15) is 5.75 Å². The molecule has 0 fully saturated rings. The molecule has 138 valence electrons. The van der Waals surface area contributed by atoms with Crippen LogP contribution in [0, 0.1) is 0 Å². The highest BCUT2D eigenvalue weighted by Crippen LogP contribution is 2.33. The van der Waals surface area contributed by atoms with Crippen molar-refractivity contribution in [2.45, 2.75) is 37.0 Å². The fourth-order valence-electron chi connectivity index (χ4n) is 1.99. The number of hydrogen-bond acceptors (Lipinski definition) is 8. The summed E-state index contributed by atoms with van der Waals surface area (Å²) in [5, 5.41) is 15.5. The minimum atomic E-state index is -4.74. The third-order valence-corrected chi connectivity index (χ3v) is 4.21. The maximum absolute atomic E-state index is 12.2. The summed E-state index contributed by atoms with van der Waals surface area (Å²) in [6, 6.07) is 5.23. The second-order valence-corrected chi connectivity index (χ2v) is 6.39. The predicted octanol–water partition coefficient (Wildman–Crippen LogP) is 3.36. The maximum Gasteiger partial charge on any atom is 0.573 e. The Balaban J connectivity index is 1.75. The summed E-state index contributed by atoms with van der Waals surface area (Å²) in [6.07, 6.45) is -4.08. The monoisotopic (exact) mass is 386 g/mol. The highest BCUT2D eigenvalue weighted by molar-refractivity contribution is 7.99. The molecule has 1 aromatic carbocycles. The number of thioether (sulfide) groups is 1. The smallest absolute Gasteiger partial charge is 0.406 e. The zero-order chi connectivity index (χ0) is 18.7. The van der Waals surface area contributed by atoms with Crippen molar-refractivity contribution in [2.75, 3.05) is 0 Å². The van der Waals surface area contributed by atoms with Crippen LogP contribution in [-0.4, -0.2) is 36.7 Å². The van der Waals surface area contributed by atoms with Gasteiger partial charge in [-0.2, -0.15) is 9.67 Å². The number of nitrogens with zero attached hydrogens (tertiary/aromatic N) is 6. The maximum atomic E-state index is 12.2. The van der Waals surface area contributed by atoms with Crippen LogP contribution >= 0.6 is 11.8 Å². The fourth-order valence-corrected chi connectivity index (χ4v) is 2.83. The molecule has 2 aromatic heterocycles. The van der Waals surface area contributed by atoms with E-state index in [2.05, 4.69) is 30.4 Å². The topological polar surface area (TPSA) is 91.8 Å². The molecule has 0 bridgehead atoms. The molecule has 0 aliphatic rings. The number of aryl methyl sites for hydroxylation is 1. The molecule has 12 heteroatoms. The number of alkyl halides is 3. The van der Waals surface area contributed by atoms with Crippen LogP contribution in [0.2, 0.25) is 0 Å². The van der Waals surface area contributed by atoms with Crippen molar-refractivity contribution in [1.29, 1.82) is 0 Å². The lowest BCUT2D eigenvalue weighted by Crippen LogP contribution is -2.17. The Morgan fingerprint density at radius 3 is 2.62 bits per heavy atom. The van der Waals surface area contributed by atoms with E-state index in [1.807, 2.05) is 13.8 Å². The number of aromatic nitrogens is 6. The molecule has 0 saturated heterocycles. The summed E-state index contributed by atoms with van der Waals surface area (Å²) in [5.41, 5.74) is 0.485. The van der Waals surface area contributed by atoms with Crippen LogP contribution in [0.5, 0.6) is 5.75 Å². The predicted molar refractivity (Wildman–Crippen MR) is 83.8 cm³/mol. The Morgan fingerprint density at radius 1 is 1.27 bits per heavy atom. The van der Waals surface area contributed by atoms with Gasteiger partial charge in [0, 0.05) is 6.42 Å². The van der Waals surface area contributed by atoms with E-state index < -0.39 is 6.36 Å². The van der Waals surface area contributed by atoms with E-state index in [-0.39, 0.29) is 11.0 Å². The quantitative estimate of drug-likeness (QED) is 0.596. The van der Waals surface area contributed by atoms with Crippen molar-refractivity contribution < 1.29 is 22.4 Å². The molecule has 0 amide bonds. The van der Waals surface area contributed by atoms with E-state index in [4.69, 9.17) is 4.52 Å². The van der Waals surface area contributed by atoms with Crippen molar-refractivity contribution in [3.63, 3.8) is 0 Å². The second-order valence-electron chi connectivity index (χ2n) is 5.08. The van der Waals surface area contributed by atoms with Crippen LogP contribution < -0.4 is 4.74 Å². The van der Waals surface area contributed by atoms with Crippen LogP contribution in [0.25, 0.3) is 5.69 Å². The molecule has 26 heavy (non-hydrogen) atoms. The summed E-state index contributed by atoms with van der Waals surface area (Å²) in [7, 11) is 0. The number of tetrazole rings is 1. The molecular formula is C14H13F3N6O2S. The number of halogens is 3. The van der Waals surface area contributed by atoms with Gasteiger partial charge in [-0.1, -0.05) is 23.8 Å². The first-order valence-corrected chi connectivity index (χ1v) is 8.37. The molecule has 0 saturated carbocycles. The number of rotatable bonds is 6. The lowest BCUT2D eigenvalue weighted by atomic mass is 10.3. The standard InChI is InChI=1S/C14H13F3N6O2S/c1-3-11-18-12(25-20-11)8(2)26-13-19-21-22-23(13)9-4-6-10(7-5-9)24-14(15,16)17/h4-8H,3H2,1-2H3. The highest BCUT2D eigenvalue weighted by atomic mass is 32.2. The normalized spacial score (nSPS) is 13.0. The second kappa shape index (κ2) is 7.32. The molecule has 0 spiro atoms. The summed E-state index contributed by atoms with van der Waals surface area (Å²) in [5.74, 6) is 0.720. The van der Waals surface area contributed by atoms with Gasteiger partial charge in [-0.15, -0.1) is 18.3 Å². The van der Waals surface area contributed by atoms with E-state index >= 15 is 0 Å². The minimum Gasteiger partial charge on any atom is -0.406 e. The van der Waals surface area contributed by atoms with Gasteiger partial charge in [0.2, 0.25) is 11.0 Å². The van der Waals surface area contributed by atoms with Gasteiger partial charge in [-0.25, -0.2) is 0 Å². The van der Waals surface area contributed by atoms with Crippen molar-refractivity contribution in [1.82, 2.24) is 30.3 Å². The Labute approximate surface area is 149 Å². The molecule has 0 aliphatic heterocycles. The van der Waals surface area contributed by atoms with Gasteiger partial charge in [0.05, 0.1) is 10.9 Å². The number of ether oxygens (including phenoxy) is 1. The van der Waals surface area contributed by atoms with Gasteiger partial charge in [-0.3, -0.25) is 0 Å². The molecule has 3 aromatic rings. The SMILES string of the molecule is CCc1noc(C(C)Sc2nnnn2-c2ccc(OC(F)(F)F)cc2)n1. The van der Waals surface area contributed by atoms with E-state index in [1.54, 1.807) is 0 Å². The van der Waals surface area contributed by atoms with Crippen LogP contribution in [0.4, 0.5) is 13.2 Å². The average molecular weight is 386 g/mol. The summed E-state index contributed by atoms with van der Waals surface area (Å²) >= 11 is 1.28. The van der Waals surface area contributed by atoms with Crippen molar-refractivity contribution in [3.05, 3.63) is 36.0 Å². The first-order chi connectivity index (χ1) is 12.4. The molecule has 1 unspecified atom stereocenters. The van der Waals surface area contributed by atoms with Crippen LogP contribution in [-0.2, 0) is 6.42 Å². The van der Waals surface area contributed by atoms with E-state index in [0.29, 0.717) is 29.0 Å². The van der Waals surface area contributed by atoms with E-state index in [1.165, 1.54) is 40.7 Å². The molecule has 0 radical (unpaired) electrons. The van der Waals surface area contributed by atoms with Crippen LogP contribution in [0.1, 0.15) is 30.8 Å². The average Bonchev–Trinajstić information content (AvgIpc) is 3.23. The van der Waals surface area contributed by atoms with Gasteiger partial charge >= 0.3 is 6.36 Å². The first-order valence-electron chi connectivity index (χ1n) is 7.49. The summed E-state index contributed by atoms with van der Waals surface area (Å²) in [4.78, 5) is 4.26.